The zero-order valence-corrected chi connectivity index (χ0v) is 16.5. The average Bonchev–Trinajstić information content (AvgIpc) is 2.66. The number of carbonyl (C=O) groups is 2. The van der Waals surface area contributed by atoms with Crippen LogP contribution >= 0.6 is 11.6 Å². The third-order valence-electron chi connectivity index (χ3n) is 3.82. The average molecular weight is 410 g/mol. The quantitative estimate of drug-likeness (QED) is 0.726. The minimum atomic E-state index is -3.78. The second-order valence-electron chi connectivity index (χ2n) is 5.77. The molecule has 0 aromatic heterocycles. The van der Waals surface area contributed by atoms with Crippen molar-refractivity contribution in [3.05, 3.63) is 64.7 Å². The van der Waals surface area contributed by atoms with E-state index in [0.717, 1.165) is 9.87 Å². The maximum absolute atomic E-state index is 12.4. The van der Waals surface area contributed by atoms with Crippen LogP contribution in [0.4, 0.5) is 0 Å². The Bertz CT molecular complexity index is 913. The van der Waals surface area contributed by atoms with Gasteiger partial charge in [-0.05, 0) is 42.0 Å². The number of hydrogen-bond acceptors (Lipinski definition) is 4. The number of amides is 2. The maximum Gasteiger partial charge on any atom is 0.251 e. The molecule has 2 amide bonds. The molecular weight excluding hydrogens is 390 g/mol. The van der Waals surface area contributed by atoms with Crippen LogP contribution in [0.2, 0.25) is 5.02 Å². The first kappa shape index (κ1) is 20.9. The van der Waals surface area contributed by atoms with Gasteiger partial charge < -0.3 is 10.6 Å². The molecule has 9 heteroatoms. The molecule has 0 bridgehead atoms. The topological polar surface area (TPSA) is 95.6 Å². The molecule has 0 fully saturated rings. The van der Waals surface area contributed by atoms with E-state index in [1.165, 1.54) is 31.3 Å². The lowest BCUT2D eigenvalue weighted by atomic mass is 10.1. The third kappa shape index (κ3) is 5.53. The van der Waals surface area contributed by atoms with E-state index in [-0.39, 0.29) is 23.9 Å². The third-order valence-corrected chi connectivity index (χ3v) is 5.89. The Labute approximate surface area is 163 Å². The van der Waals surface area contributed by atoms with Crippen molar-refractivity contribution in [3.8, 4) is 0 Å². The highest BCUT2D eigenvalue weighted by Gasteiger charge is 2.22. The predicted molar refractivity (Wildman–Crippen MR) is 103 cm³/mol. The van der Waals surface area contributed by atoms with Crippen molar-refractivity contribution in [3.63, 3.8) is 0 Å². The molecule has 0 saturated carbocycles. The van der Waals surface area contributed by atoms with E-state index in [4.69, 9.17) is 11.6 Å². The van der Waals surface area contributed by atoms with E-state index in [0.29, 0.717) is 10.6 Å². The molecule has 27 heavy (non-hydrogen) atoms. The van der Waals surface area contributed by atoms with Crippen molar-refractivity contribution < 1.29 is 18.0 Å². The Morgan fingerprint density at radius 1 is 1.04 bits per heavy atom. The second-order valence-corrected chi connectivity index (χ2v) is 8.25. The number of carbonyl (C=O) groups excluding carboxylic acids is 2. The lowest BCUT2D eigenvalue weighted by Gasteiger charge is -2.17. The fourth-order valence-corrected chi connectivity index (χ4v) is 3.50. The Morgan fingerprint density at radius 3 is 2.19 bits per heavy atom. The lowest BCUT2D eigenvalue weighted by molar-refractivity contribution is -0.121. The van der Waals surface area contributed by atoms with Crippen LogP contribution in [-0.2, 0) is 21.4 Å². The van der Waals surface area contributed by atoms with Crippen molar-refractivity contribution in [2.24, 2.45) is 0 Å². The summed E-state index contributed by atoms with van der Waals surface area (Å²) >= 11 is 5.77. The van der Waals surface area contributed by atoms with E-state index in [1.807, 2.05) is 0 Å². The summed E-state index contributed by atoms with van der Waals surface area (Å²) in [6.45, 7) is -0.0943. The first-order valence-corrected chi connectivity index (χ1v) is 9.85. The van der Waals surface area contributed by atoms with Crippen LogP contribution in [-0.4, -0.2) is 45.2 Å². The minimum Gasteiger partial charge on any atom is -0.355 e. The van der Waals surface area contributed by atoms with E-state index < -0.39 is 15.9 Å². The molecule has 0 atom stereocenters. The minimum absolute atomic E-state index is 0.0620. The standard InChI is InChI=1S/C18H20ClN3O4S/c1-20-18(24)14-5-3-13(4-6-14)11-21-17(23)12-22(2)27(25,26)16-9-7-15(19)8-10-16/h3-10H,11-12H2,1-2H3,(H,20,24)(H,21,23). The van der Waals surface area contributed by atoms with Gasteiger partial charge in [0, 0.05) is 31.2 Å². The largest absolute Gasteiger partial charge is 0.355 e. The Balaban J connectivity index is 1.93. The van der Waals surface area contributed by atoms with Gasteiger partial charge in [-0.2, -0.15) is 4.31 Å². The van der Waals surface area contributed by atoms with Crippen LogP contribution in [0.1, 0.15) is 15.9 Å². The molecule has 2 aromatic rings. The van der Waals surface area contributed by atoms with Gasteiger partial charge >= 0.3 is 0 Å². The van der Waals surface area contributed by atoms with Crippen LogP contribution < -0.4 is 10.6 Å². The molecule has 2 N–H and O–H groups in total. The van der Waals surface area contributed by atoms with Gasteiger partial charge in [0.2, 0.25) is 15.9 Å². The molecular formula is C18H20ClN3O4S. The van der Waals surface area contributed by atoms with Crippen LogP contribution in [0.25, 0.3) is 0 Å². The van der Waals surface area contributed by atoms with E-state index in [9.17, 15) is 18.0 Å². The van der Waals surface area contributed by atoms with Crippen molar-refractivity contribution in [1.29, 1.82) is 0 Å². The number of benzene rings is 2. The van der Waals surface area contributed by atoms with Gasteiger partial charge in [0.15, 0.2) is 0 Å². The molecule has 2 rings (SSSR count). The van der Waals surface area contributed by atoms with Crippen molar-refractivity contribution in [1.82, 2.24) is 14.9 Å². The highest BCUT2D eigenvalue weighted by Crippen LogP contribution is 2.17. The summed E-state index contributed by atoms with van der Waals surface area (Å²) in [6.07, 6.45) is 0. The molecule has 0 heterocycles. The number of hydrogen-bond donors (Lipinski definition) is 2. The number of sulfonamides is 1. The summed E-state index contributed by atoms with van der Waals surface area (Å²) in [5, 5.41) is 5.61. The zero-order valence-electron chi connectivity index (χ0n) is 14.9. The van der Waals surface area contributed by atoms with Gasteiger partial charge in [-0.15, -0.1) is 0 Å². The van der Waals surface area contributed by atoms with Crippen molar-refractivity contribution in [2.45, 2.75) is 11.4 Å². The van der Waals surface area contributed by atoms with Crippen LogP contribution in [0, 0.1) is 0 Å². The molecule has 0 aliphatic rings. The van der Waals surface area contributed by atoms with Crippen LogP contribution in [0.15, 0.2) is 53.4 Å². The summed E-state index contributed by atoms with van der Waals surface area (Å²) < 4.78 is 25.9. The highest BCUT2D eigenvalue weighted by molar-refractivity contribution is 7.89. The zero-order chi connectivity index (χ0) is 20.0. The van der Waals surface area contributed by atoms with Gasteiger partial charge in [0.05, 0.1) is 11.4 Å². The summed E-state index contributed by atoms with van der Waals surface area (Å²) in [5.74, 6) is -0.634. The molecule has 7 nitrogen and oxygen atoms in total. The summed E-state index contributed by atoms with van der Waals surface area (Å²) in [7, 11) is -0.901. The smallest absolute Gasteiger partial charge is 0.251 e. The highest BCUT2D eigenvalue weighted by atomic mass is 35.5. The van der Waals surface area contributed by atoms with Crippen molar-refractivity contribution >= 4 is 33.4 Å². The van der Waals surface area contributed by atoms with Gasteiger partial charge in [0.25, 0.3) is 5.91 Å². The number of likely N-dealkylation sites (N-methyl/N-ethyl adjacent to an activating group) is 1. The maximum atomic E-state index is 12.4. The first-order valence-electron chi connectivity index (χ1n) is 8.03. The van der Waals surface area contributed by atoms with E-state index >= 15 is 0 Å². The molecule has 0 spiro atoms. The number of nitrogens with zero attached hydrogens (tertiary/aromatic N) is 1. The van der Waals surface area contributed by atoms with Gasteiger partial charge in [-0.1, -0.05) is 23.7 Å². The van der Waals surface area contributed by atoms with E-state index in [2.05, 4.69) is 10.6 Å². The molecule has 2 aromatic carbocycles. The molecule has 144 valence electrons. The van der Waals surface area contributed by atoms with Gasteiger partial charge in [-0.25, -0.2) is 8.42 Å². The number of halogens is 1. The molecule has 0 aliphatic heterocycles. The fourth-order valence-electron chi connectivity index (χ4n) is 2.25. The summed E-state index contributed by atoms with van der Waals surface area (Å²) in [5.41, 5.74) is 1.31. The monoisotopic (exact) mass is 409 g/mol. The van der Waals surface area contributed by atoms with Crippen molar-refractivity contribution in [2.75, 3.05) is 20.6 Å². The second kappa shape index (κ2) is 8.98. The van der Waals surface area contributed by atoms with Gasteiger partial charge in [-0.3, -0.25) is 9.59 Å². The summed E-state index contributed by atoms with van der Waals surface area (Å²) in [6, 6.07) is 12.5. The van der Waals surface area contributed by atoms with Crippen LogP contribution in [0.5, 0.6) is 0 Å². The Kier molecular flexibility index (Phi) is 6.95. The number of rotatable bonds is 7. The SMILES string of the molecule is CNC(=O)c1ccc(CNC(=O)CN(C)S(=O)(=O)c2ccc(Cl)cc2)cc1. The molecule has 0 saturated heterocycles. The fraction of sp³-hybridized carbons (Fsp3) is 0.222. The predicted octanol–water partition coefficient (Wildman–Crippen LogP) is 1.64. The molecule has 0 aliphatic carbocycles. The van der Waals surface area contributed by atoms with Gasteiger partial charge in [0.1, 0.15) is 0 Å². The van der Waals surface area contributed by atoms with Crippen LogP contribution in [0.3, 0.4) is 0 Å². The first-order chi connectivity index (χ1) is 12.7. The molecule has 0 unspecified atom stereocenters. The normalized spacial score (nSPS) is 11.3. The summed E-state index contributed by atoms with van der Waals surface area (Å²) in [4.78, 5) is 23.6. The number of nitrogens with one attached hydrogen (secondary N) is 2. The molecule has 0 radical (unpaired) electrons. The Hall–Kier alpha value is -2.42. The lowest BCUT2D eigenvalue weighted by Crippen LogP contribution is -2.38. The van der Waals surface area contributed by atoms with E-state index in [1.54, 1.807) is 31.3 Å². The Morgan fingerprint density at radius 2 is 1.63 bits per heavy atom.